The zero-order valence-corrected chi connectivity index (χ0v) is 24.5. The average Bonchev–Trinajstić information content (AvgIpc) is 3.23. The molecule has 1 saturated heterocycles. The van der Waals surface area contributed by atoms with Crippen LogP contribution in [-0.4, -0.2) is 68.7 Å². The van der Waals surface area contributed by atoms with Crippen LogP contribution in [0.15, 0.2) is 66.2 Å². The van der Waals surface area contributed by atoms with Crippen molar-refractivity contribution in [1.29, 1.82) is 0 Å². The highest BCUT2D eigenvalue weighted by atomic mass is 19.1. The van der Waals surface area contributed by atoms with E-state index in [9.17, 15) is 14.0 Å². The van der Waals surface area contributed by atoms with E-state index in [1.54, 1.807) is 18.1 Å². The monoisotopic (exact) mass is 569 g/mol. The van der Waals surface area contributed by atoms with Crippen LogP contribution in [0, 0.1) is 12.7 Å². The van der Waals surface area contributed by atoms with Crippen LogP contribution in [0.2, 0.25) is 0 Å². The van der Waals surface area contributed by atoms with Crippen molar-refractivity contribution in [1.82, 2.24) is 15.1 Å². The predicted molar refractivity (Wildman–Crippen MR) is 163 cm³/mol. The molecule has 0 unspecified atom stereocenters. The summed E-state index contributed by atoms with van der Waals surface area (Å²) in [6, 6.07) is 18.1. The molecule has 1 aliphatic heterocycles. The molecule has 0 saturated carbocycles. The van der Waals surface area contributed by atoms with E-state index in [0.717, 1.165) is 57.6 Å². The highest BCUT2D eigenvalue weighted by Crippen LogP contribution is 2.43. The van der Waals surface area contributed by atoms with E-state index in [4.69, 9.17) is 9.47 Å². The molecular weight excluding hydrogens is 533 g/mol. The van der Waals surface area contributed by atoms with Crippen molar-refractivity contribution < 1.29 is 23.5 Å². The summed E-state index contributed by atoms with van der Waals surface area (Å²) in [6.07, 6.45) is 1.91. The SMILES string of the molecule is COc1cc(/C=C2/C(C)=C(CNC(=O)Cc3ccccc3)c3cc(F)ccc32)cc(C)c1OC(=O)N1CCN(C)CC1. The van der Waals surface area contributed by atoms with Gasteiger partial charge in [-0.05, 0) is 95.8 Å². The molecular formula is C34H36FN3O4. The lowest BCUT2D eigenvalue weighted by atomic mass is 9.99. The summed E-state index contributed by atoms with van der Waals surface area (Å²) in [6.45, 7) is 6.98. The van der Waals surface area contributed by atoms with E-state index in [0.29, 0.717) is 24.6 Å². The van der Waals surface area contributed by atoms with E-state index in [-0.39, 0.29) is 30.8 Å². The number of rotatable bonds is 7. The van der Waals surface area contributed by atoms with Crippen LogP contribution in [-0.2, 0) is 11.2 Å². The lowest BCUT2D eigenvalue weighted by molar-refractivity contribution is -0.120. The molecule has 0 spiro atoms. The maximum absolute atomic E-state index is 14.4. The van der Waals surface area contributed by atoms with Gasteiger partial charge in [-0.15, -0.1) is 0 Å². The molecule has 1 N–H and O–H groups in total. The molecule has 0 aromatic heterocycles. The molecule has 5 rings (SSSR count). The number of hydrogen-bond acceptors (Lipinski definition) is 5. The number of nitrogens with one attached hydrogen (secondary N) is 1. The topological polar surface area (TPSA) is 71.1 Å². The summed E-state index contributed by atoms with van der Waals surface area (Å²) >= 11 is 0. The molecule has 0 radical (unpaired) electrons. The van der Waals surface area contributed by atoms with Crippen molar-refractivity contribution in [3.8, 4) is 11.5 Å². The van der Waals surface area contributed by atoms with Crippen molar-refractivity contribution in [3.05, 3.63) is 99.9 Å². The first kappa shape index (κ1) is 29.1. The first-order valence-corrected chi connectivity index (χ1v) is 14.1. The second-order valence-electron chi connectivity index (χ2n) is 10.8. The van der Waals surface area contributed by atoms with Gasteiger partial charge in [0.15, 0.2) is 11.5 Å². The number of halogens is 1. The van der Waals surface area contributed by atoms with Crippen molar-refractivity contribution in [3.63, 3.8) is 0 Å². The molecule has 42 heavy (non-hydrogen) atoms. The minimum atomic E-state index is -0.389. The summed E-state index contributed by atoms with van der Waals surface area (Å²) in [4.78, 5) is 29.4. The standard InChI is InChI=1S/C34H36FN3O4/c1-22-16-25(18-31(41-4)33(22)42-34(40)38-14-12-37(3)13-15-38)17-28-23(2)30(29-20-26(35)10-11-27(28)29)21-36-32(39)19-24-8-6-5-7-9-24/h5-11,16-18,20H,12-15,19,21H2,1-4H3,(H,36,39)/b28-17-. The Bertz CT molecular complexity index is 1560. The van der Waals surface area contributed by atoms with Crippen LogP contribution >= 0.6 is 0 Å². The van der Waals surface area contributed by atoms with Gasteiger partial charge >= 0.3 is 6.09 Å². The molecule has 1 heterocycles. The van der Waals surface area contributed by atoms with E-state index >= 15 is 0 Å². The maximum atomic E-state index is 14.4. The van der Waals surface area contributed by atoms with Gasteiger partial charge in [0.2, 0.25) is 5.91 Å². The quantitative estimate of drug-likeness (QED) is 0.403. The number of piperazine rings is 1. The van der Waals surface area contributed by atoms with Crippen molar-refractivity contribution >= 4 is 29.2 Å². The van der Waals surface area contributed by atoms with Gasteiger partial charge in [0.1, 0.15) is 5.82 Å². The Hall–Kier alpha value is -4.43. The Morgan fingerprint density at radius 2 is 1.71 bits per heavy atom. The number of benzene rings is 3. The molecule has 7 nitrogen and oxygen atoms in total. The lowest BCUT2D eigenvalue weighted by Crippen LogP contribution is -2.48. The van der Waals surface area contributed by atoms with E-state index in [2.05, 4.69) is 10.2 Å². The number of likely N-dealkylation sites (N-methyl/N-ethyl adjacent to an activating group) is 1. The summed E-state index contributed by atoms with van der Waals surface area (Å²) in [5, 5.41) is 3.01. The molecule has 218 valence electrons. The van der Waals surface area contributed by atoms with E-state index in [1.165, 1.54) is 12.1 Å². The van der Waals surface area contributed by atoms with Crippen molar-refractivity contribution in [2.45, 2.75) is 20.3 Å². The number of hydrogen-bond donors (Lipinski definition) is 1. The predicted octanol–water partition coefficient (Wildman–Crippen LogP) is 5.58. The first-order valence-electron chi connectivity index (χ1n) is 14.1. The third-order valence-corrected chi connectivity index (χ3v) is 7.87. The number of fused-ring (bicyclic) bond motifs is 1. The third-order valence-electron chi connectivity index (χ3n) is 7.87. The van der Waals surface area contributed by atoms with Crippen LogP contribution < -0.4 is 14.8 Å². The molecule has 2 amide bonds. The Balaban J connectivity index is 1.40. The molecule has 8 heteroatoms. The van der Waals surface area contributed by atoms with Gasteiger partial charge in [-0.3, -0.25) is 4.79 Å². The fourth-order valence-corrected chi connectivity index (χ4v) is 5.45. The highest BCUT2D eigenvalue weighted by Gasteiger charge is 2.26. The fourth-order valence-electron chi connectivity index (χ4n) is 5.45. The number of nitrogens with zero attached hydrogens (tertiary/aromatic N) is 2. The minimum Gasteiger partial charge on any atom is -0.493 e. The minimum absolute atomic E-state index is 0.0982. The summed E-state index contributed by atoms with van der Waals surface area (Å²) < 4.78 is 25.8. The summed E-state index contributed by atoms with van der Waals surface area (Å²) in [5.41, 5.74) is 6.96. The summed E-state index contributed by atoms with van der Waals surface area (Å²) in [7, 11) is 3.58. The number of allylic oxidation sites excluding steroid dienone is 2. The average molecular weight is 570 g/mol. The second-order valence-corrected chi connectivity index (χ2v) is 10.8. The molecule has 2 aliphatic rings. The number of carbonyl (C=O) groups is 2. The van der Waals surface area contributed by atoms with E-state index in [1.807, 2.05) is 69.4 Å². The second kappa shape index (κ2) is 12.6. The van der Waals surface area contributed by atoms with Crippen molar-refractivity contribution in [2.75, 3.05) is 46.9 Å². The lowest BCUT2D eigenvalue weighted by Gasteiger charge is -2.31. The molecule has 0 atom stereocenters. The van der Waals surface area contributed by atoms with Gasteiger partial charge in [-0.2, -0.15) is 0 Å². The number of methoxy groups -OCH3 is 1. The highest BCUT2D eigenvalue weighted by molar-refractivity contribution is 6.06. The first-order chi connectivity index (χ1) is 20.2. The number of amides is 2. The molecule has 3 aromatic carbocycles. The Morgan fingerprint density at radius 3 is 2.43 bits per heavy atom. The van der Waals surface area contributed by atoms with Crippen LogP contribution in [0.1, 0.15) is 34.7 Å². The number of ether oxygens (including phenoxy) is 2. The molecule has 1 fully saturated rings. The van der Waals surface area contributed by atoms with Crippen LogP contribution in [0.3, 0.4) is 0 Å². The van der Waals surface area contributed by atoms with Gasteiger partial charge in [0.25, 0.3) is 0 Å². The largest absolute Gasteiger partial charge is 0.493 e. The van der Waals surface area contributed by atoms with Gasteiger partial charge in [-0.1, -0.05) is 36.4 Å². The molecule has 0 bridgehead atoms. The maximum Gasteiger partial charge on any atom is 0.415 e. The van der Waals surface area contributed by atoms with Gasteiger partial charge in [-0.25, -0.2) is 9.18 Å². The Labute approximate surface area is 246 Å². The van der Waals surface area contributed by atoms with Gasteiger partial charge < -0.3 is 24.6 Å². The van der Waals surface area contributed by atoms with Crippen molar-refractivity contribution in [2.24, 2.45) is 0 Å². The normalized spacial score (nSPS) is 16.0. The zero-order valence-electron chi connectivity index (χ0n) is 24.5. The zero-order chi connectivity index (χ0) is 29.8. The van der Waals surface area contributed by atoms with Crippen LogP contribution in [0.25, 0.3) is 17.2 Å². The van der Waals surface area contributed by atoms with Crippen LogP contribution in [0.5, 0.6) is 11.5 Å². The Morgan fingerprint density at radius 1 is 0.976 bits per heavy atom. The number of carbonyl (C=O) groups excluding carboxylic acids is 2. The fraction of sp³-hybridized carbons (Fsp3) is 0.294. The third kappa shape index (κ3) is 6.39. The Kier molecular flexibility index (Phi) is 8.73. The van der Waals surface area contributed by atoms with E-state index < -0.39 is 0 Å². The smallest absolute Gasteiger partial charge is 0.415 e. The number of aryl methyl sites for hydroxylation is 1. The van der Waals surface area contributed by atoms with Gasteiger partial charge in [0, 0.05) is 32.7 Å². The summed E-state index contributed by atoms with van der Waals surface area (Å²) in [5.74, 6) is 0.419. The van der Waals surface area contributed by atoms with Crippen LogP contribution in [0.4, 0.5) is 9.18 Å². The molecule has 1 aliphatic carbocycles. The molecule has 3 aromatic rings. The van der Waals surface area contributed by atoms with Gasteiger partial charge in [0.05, 0.1) is 13.5 Å².